The van der Waals surface area contributed by atoms with Gasteiger partial charge in [0, 0.05) is 36.7 Å². The van der Waals surface area contributed by atoms with Crippen LogP contribution in [0.5, 0.6) is 0 Å². The monoisotopic (exact) mass is 869 g/mol. The Kier molecular flexibility index (Phi) is 21.8. The van der Waals surface area contributed by atoms with Crippen LogP contribution in [0.15, 0.2) is 76.7 Å². The summed E-state index contributed by atoms with van der Waals surface area (Å²) in [6, 6.07) is 0. The lowest BCUT2D eigenvalue weighted by atomic mass is 9.79. The van der Waals surface area contributed by atoms with E-state index in [1.54, 1.807) is 52.0 Å². The van der Waals surface area contributed by atoms with Gasteiger partial charge in [-0.05, 0) is 51.7 Å². The first-order chi connectivity index (χ1) is 28.7. The number of oxime groups is 1. The first-order valence-corrected chi connectivity index (χ1v) is 20.4. The summed E-state index contributed by atoms with van der Waals surface area (Å²) in [7, 11) is 2.67. The predicted molar refractivity (Wildman–Crippen MR) is 223 cm³/mol. The van der Waals surface area contributed by atoms with E-state index in [1.807, 2.05) is 33.8 Å². The fourth-order valence-electron chi connectivity index (χ4n) is 7.24. The quantitative estimate of drug-likeness (QED) is 0.0276. The van der Waals surface area contributed by atoms with E-state index < -0.39 is 113 Å². The normalized spacial score (nSPS) is 26.7. The molecule has 2 rings (SSSR count). The summed E-state index contributed by atoms with van der Waals surface area (Å²) in [4.78, 5) is 19.0. The number of hydrogen-bond donors (Lipinski definition) is 4. The summed E-state index contributed by atoms with van der Waals surface area (Å²) in [6.45, 7) is 14.6. The number of halogens is 5. The van der Waals surface area contributed by atoms with Crippen molar-refractivity contribution in [2.24, 2.45) is 40.7 Å². The van der Waals surface area contributed by atoms with Gasteiger partial charge in [0.15, 0.2) is 23.3 Å². The topological polar surface area (TPSA) is 147 Å². The molecule has 1 aromatic rings. The van der Waals surface area contributed by atoms with Crippen molar-refractivity contribution < 1.29 is 66.2 Å². The minimum absolute atomic E-state index is 0.0616. The Morgan fingerprint density at radius 2 is 1.57 bits per heavy atom. The molecule has 1 aliphatic rings. The molecule has 12 unspecified atom stereocenters. The molecule has 342 valence electrons. The first-order valence-electron chi connectivity index (χ1n) is 20.4. The lowest BCUT2D eigenvalue weighted by molar-refractivity contribution is -0.161. The molecule has 15 heteroatoms. The van der Waals surface area contributed by atoms with Crippen molar-refractivity contribution in [3.05, 3.63) is 106 Å². The van der Waals surface area contributed by atoms with Crippen LogP contribution in [0.4, 0.5) is 22.0 Å². The third kappa shape index (κ3) is 14.5. The highest BCUT2D eigenvalue weighted by Gasteiger charge is 2.38. The number of carbonyl (C=O) groups excluding carboxylic acids is 1. The molecule has 0 amide bonds. The summed E-state index contributed by atoms with van der Waals surface area (Å²) in [5, 5.41) is 49.0. The number of cyclic esters (lactones) is 1. The SMILES string of the molecule is CC=CC(O)C(C)C=CC(=NOCc1c(F)c(F)c(F)c(F)c1F)C(C)C(O)C(C)C1OC(=O)C(OC)=CC(C)=CC(C)C(O)C(CC)C(O)C(C)CC(C)=CC=CC1OC. The van der Waals surface area contributed by atoms with Gasteiger partial charge in [0.05, 0.1) is 42.8 Å². The van der Waals surface area contributed by atoms with Gasteiger partial charge in [-0.3, -0.25) is 0 Å². The zero-order chi connectivity index (χ0) is 46.3. The number of aliphatic hydroxyl groups is 4. The highest BCUT2D eigenvalue weighted by molar-refractivity contribution is 5.96. The molecule has 0 aromatic heterocycles. The number of rotatable bonds is 14. The van der Waals surface area contributed by atoms with E-state index >= 15 is 0 Å². The van der Waals surface area contributed by atoms with Crippen LogP contribution in [0.3, 0.4) is 0 Å². The lowest BCUT2D eigenvalue weighted by Gasteiger charge is -2.34. The smallest absolute Gasteiger partial charge is 0.373 e. The standard InChI is InChI=1S/C46H64F5NO9/c1-12-15-34(53)26(5)18-19-33(52-60-23-32-37(47)39(49)41(51)40(50)38(32)48)29(8)44(56)30(9)45-35(58-10)17-14-16-24(3)20-27(6)42(54)31(13-2)43(55)28(7)21-25(4)22-36(59-11)46(57)61-45/h12,14-19,21-22,26-31,34-35,42-45,53-56H,13,20,23H2,1-11H3. The van der Waals surface area contributed by atoms with E-state index in [9.17, 15) is 47.2 Å². The van der Waals surface area contributed by atoms with Crippen molar-refractivity contribution in [1.29, 1.82) is 0 Å². The largest absolute Gasteiger partial charge is 0.490 e. The highest BCUT2D eigenvalue weighted by atomic mass is 19.2. The van der Waals surface area contributed by atoms with Crippen molar-refractivity contribution in [3.63, 3.8) is 0 Å². The number of ether oxygens (including phenoxy) is 3. The number of allylic oxidation sites excluding steroid dienone is 7. The molecule has 0 spiro atoms. The van der Waals surface area contributed by atoms with E-state index in [0.29, 0.717) is 18.4 Å². The minimum atomic E-state index is -2.33. The average Bonchev–Trinajstić information content (AvgIpc) is 3.23. The molecule has 1 aromatic carbocycles. The van der Waals surface area contributed by atoms with Crippen LogP contribution >= 0.6 is 0 Å². The Labute approximate surface area is 356 Å². The fourth-order valence-corrected chi connectivity index (χ4v) is 7.24. The second kappa shape index (κ2) is 25.1. The summed E-state index contributed by atoms with van der Waals surface area (Å²) in [6.07, 6.45) is 9.19. The minimum Gasteiger partial charge on any atom is -0.490 e. The van der Waals surface area contributed by atoms with Crippen molar-refractivity contribution in [3.8, 4) is 0 Å². The predicted octanol–water partition coefficient (Wildman–Crippen LogP) is 8.35. The van der Waals surface area contributed by atoms with Crippen LogP contribution in [-0.4, -0.2) is 83.0 Å². The molecule has 0 saturated carbocycles. The van der Waals surface area contributed by atoms with Gasteiger partial charge in [-0.1, -0.05) is 100 Å². The molecule has 12 atom stereocenters. The van der Waals surface area contributed by atoms with Crippen LogP contribution < -0.4 is 0 Å². The second-order valence-electron chi connectivity index (χ2n) is 15.9. The van der Waals surface area contributed by atoms with Gasteiger partial charge < -0.3 is 39.5 Å². The second-order valence-corrected chi connectivity index (χ2v) is 15.9. The molecule has 10 nitrogen and oxygen atoms in total. The zero-order valence-corrected chi connectivity index (χ0v) is 36.9. The van der Waals surface area contributed by atoms with Crippen LogP contribution in [0.25, 0.3) is 0 Å². The van der Waals surface area contributed by atoms with Gasteiger partial charge in [0.2, 0.25) is 11.6 Å². The van der Waals surface area contributed by atoms with Gasteiger partial charge in [0.1, 0.15) is 18.8 Å². The molecule has 0 aliphatic carbocycles. The Morgan fingerprint density at radius 1 is 0.967 bits per heavy atom. The maximum Gasteiger partial charge on any atom is 0.373 e. The summed E-state index contributed by atoms with van der Waals surface area (Å²) < 4.78 is 87.8. The van der Waals surface area contributed by atoms with Crippen LogP contribution in [0.2, 0.25) is 0 Å². The van der Waals surface area contributed by atoms with Crippen molar-refractivity contribution in [1.82, 2.24) is 0 Å². The van der Waals surface area contributed by atoms with E-state index in [2.05, 4.69) is 5.16 Å². The maximum absolute atomic E-state index is 14.5. The molecule has 0 radical (unpaired) electrons. The fraction of sp³-hybridized carbons (Fsp3) is 0.565. The number of benzene rings is 1. The van der Waals surface area contributed by atoms with Crippen molar-refractivity contribution in [2.75, 3.05) is 14.2 Å². The van der Waals surface area contributed by atoms with Gasteiger partial charge in [-0.2, -0.15) is 0 Å². The van der Waals surface area contributed by atoms with Crippen molar-refractivity contribution in [2.45, 2.75) is 118 Å². The Hall–Kier alpha value is -4.15. The molecule has 1 heterocycles. The maximum atomic E-state index is 14.5. The number of esters is 1. The van der Waals surface area contributed by atoms with Crippen LogP contribution in [0, 0.1) is 64.6 Å². The molecule has 61 heavy (non-hydrogen) atoms. The molecule has 4 N–H and O–H groups in total. The van der Waals surface area contributed by atoms with Crippen LogP contribution in [0.1, 0.15) is 80.7 Å². The van der Waals surface area contributed by atoms with E-state index in [-0.39, 0.29) is 17.4 Å². The van der Waals surface area contributed by atoms with Crippen molar-refractivity contribution >= 4 is 11.7 Å². The van der Waals surface area contributed by atoms with Gasteiger partial charge in [0.25, 0.3) is 0 Å². The zero-order valence-electron chi connectivity index (χ0n) is 36.9. The summed E-state index contributed by atoms with van der Waals surface area (Å²) in [5.41, 5.74) is 0.137. The summed E-state index contributed by atoms with van der Waals surface area (Å²) >= 11 is 0. The Morgan fingerprint density at radius 3 is 2.13 bits per heavy atom. The Bertz CT molecular complexity index is 1800. The number of hydrogen-bond acceptors (Lipinski definition) is 10. The lowest BCUT2D eigenvalue weighted by Crippen LogP contribution is -2.45. The molecule has 0 saturated heterocycles. The third-order valence-electron chi connectivity index (χ3n) is 11.2. The molecule has 0 fully saturated rings. The summed E-state index contributed by atoms with van der Waals surface area (Å²) in [5.74, 6) is -15.5. The first kappa shape index (κ1) is 53.0. The van der Waals surface area contributed by atoms with Crippen LogP contribution in [-0.2, 0) is 30.4 Å². The van der Waals surface area contributed by atoms with E-state index in [1.165, 1.54) is 45.4 Å². The molecular weight excluding hydrogens is 805 g/mol. The number of nitrogens with zero attached hydrogens (tertiary/aromatic N) is 1. The third-order valence-corrected chi connectivity index (χ3v) is 11.2. The van der Waals surface area contributed by atoms with E-state index in [0.717, 1.165) is 5.57 Å². The van der Waals surface area contributed by atoms with Gasteiger partial charge in [-0.25, -0.2) is 26.7 Å². The number of aliphatic hydroxyl groups excluding tert-OH is 4. The van der Waals surface area contributed by atoms with Gasteiger partial charge >= 0.3 is 5.97 Å². The average molecular weight is 870 g/mol. The number of carbonyl (C=O) groups is 1. The molecule has 1 aliphatic heterocycles. The van der Waals surface area contributed by atoms with Gasteiger partial charge in [-0.15, -0.1) is 0 Å². The van der Waals surface area contributed by atoms with E-state index in [4.69, 9.17) is 19.0 Å². The molecular formula is C46H64F5NO9. The Balaban J connectivity index is 2.69. The highest BCUT2D eigenvalue weighted by Crippen LogP contribution is 2.31. The number of methoxy groups -OCH3 is 2. The molecule has 0 bridgehead atoms.